The van der Waals surface area contributed by atoms with Gasteiger partial charge in [0, 0.05) is 24.7 Å². The van der Waals surface area contributed by atoms with E-state index in [0.29, 0.717) is 24.5 Å². The molecule has 7 nitrogen and oxygen atoms in total. The number of nitrogens with one attached hydrogen (secondary N) is 2. The van der Waals surface area contributed by atoms with E-state index in [0.717, 1.165) is 32.1 Å². The summed E-state index contributed by atoms with van der Waals surface area (Å²) in [6.07, 6.45) is 5.60. The summed E-state index contributed by atoms with van der Waals surface area (Å²) in [6, 6.07) is 14.9. The number of sulfonamides is 1. The molecule has 1 atom stereocenters. The van der Waals surface area contributed by atoms with Gasteiger partial charge in [0.1, 0.15) is 5.84 Å². The van der Waals surface area contributed by atoms with Crippen LogP contribution in [0.5, 0.6) is 0 Å². The van der Waals surface area contributed by atoms with E-state index in [1.165, 1.54) is 23.3 Å². The number of aliphatic imine (C=N–C) groups is 1. The smallest absolute Gasteiger partial charge is 0.262 e. The first-order valence-electron chi connectivity index (χ1n) is 11.2. The lowest BCUT2D eigenvalue weighted by atomic mass is 10.1. The summed E-state index contributed by atoms with van der Waals surface area (Å²) < 4.78 is 28.2. The predicted octanol–water partition coefficient (Wildman–Crippen LogP) is 3.50. The van der Waals surface area contributed by atoms with Gasteiger partial charge in [0.2, 0.25) is 5.91 Å². The zero-order chi connectivity index (χ0) is 22.6. The van der Waals surface area contributed by atoms with Crippen LogP contribution in [0.2, 0.25) is 0 Å². The first-order chi connectivity index (χ1) is 15.4. The second kappa shape index (κ2) is 9.83. The molecule has 2 N–H and O–H groups in total. The lowest BCUT2D eigenvalue weighted by Gasteiger charge is -2.24. The van der Waals surface area contributed by atoms with Crippen molar-refractivity contribution in [2.24, 2.45) is 4.99 Å². The van der Waals surface area contributed by atoms with Crippen molar-refractivity contribution >= 4 is 27.5 Å². The maximum absolute atomic E-state index is 12.8. The fourth-order valence-corrected chi connectivity index (χ4v) is 5.58. The van der Waals surface area contributed by atoms with Gasteiger partial charge in [-0.15, -0.1) is 0 Å². The standard InChI is InChI=1S/C24H30N4O3S/c1-28(22-14-13-18-8-4-5-11-21(18)22)17-24(29)26-19-9-7-10-20(16-19)32(30,31)27-23-12-3-2-6-15-25-23/h4-5,7-11,16,22H,2-3,6,12-15,17H2,1H3,(H,25,27)(H,26,29). The van der Waals surface area contributed by atoms with E-state index in [-0.39, 0.29) is 23.4 Å². The SMILES string of the molecule is CN(CC(=O)Nc1cccc(S(=O)(=O)NC2=NCCCCC2)c1)C1CCc2ccccc21. The molecule has 0 saturated carbocycles. The number of hydrogen-bond acceptors (Lipinski definition) is 5. The number of anilines is 1. The van der Waals surface area contributed by atoms with Gasteiger partial charge < -0.3 is 5.32 Å². The van der Waals surface area contributed by atoms with Crippen molar-refractivity contribution in [2.75, 3.05) is 25.5 Å². The van der Waals surface area contributed by atoms with Gasteiger partial charge in [-0.25, -0.2) is 8.42 Å². The van der Waals surface area contributed by atoms with E-state index in [1.54, 1.807) is 12.1 Å². The van der Waals surface area contributed by atoms with E-state index in [1.807, 2.05) is 24.1 Å². The number of amidine groups is 1. The fraction of sp³-hybridized carbons (Fsp3) is 0.417. The Morgan fingerprint density at radius 3 is 2.81 bits per heavy atom. The minimum Gasteiger partial charge on any atom is -0.325 e. The summed E-state index contributed by atoms with van der Waals surface area (Å²) in [7, 11) is -1.80. The molecular formula is C24H30N4O3S. The van der Waals surface area contributed by atoms with Crippen molar-refractivity contribution in [3.63, 3.8) is 0 Å². The molecule has 0 fully saturated rings. The van der Waals surface area contributed by atoms with Crippen LogP contribution in [0.3, 0.4) is 0 Å². The second-order valence-electron chi connectivity index (χ2n) is 8.49. The van der Waals surface area contributed by atoms with Crippen LogP contribution in [0.15, 0.2) is 58.4 Å². The molecule has 2 aliphatic rings. The summed E-state index contributed by atoms with van der Waals surface area (Å²) in [5.41, 5.74) is 3.08. The molecule has 2 aromatic rings. The molecule has 170 valence electrons. The fourth-order valence-electron chi connectivity index (χ4n) is 4.44. The number of carbonyl (C=O) groups excluding carboxylic acids is 1. The first-order valence-corrected chi connectivity index (χ1v) is 12.6. The third-order valence-corrected chi connectivity index (χ3v) is 7.46. The molecule has 1 aliphatic heterocycles. The lowest BCUT2D eigenvalue weighted by molar-refractivity contribution is -0.117. The van der Waals surface area contributed by atoms with Gasteiger partial charge in [-0.05, 0) is 62.1 Å². The van der Waals surface area contributed by atoms with E-state index < -0.39 is 10.0 Å². The summed E-state index contributed by atoms with van der Waals surface area (Å²) in [5.74, 6) is 0.336. The Labute approximate surface area is 190 Å². The second-order valence-corrected chi connectivity index (χ2v) is 10.2. The van der Waals surface area contributed by atoms with Crippen molar-refractivity contribution < 1.29 is 13.2 Å². The Hall–Kier alpha value is -2.71. The molecule has 2 aromatic carbocycles. The lowest BCUT2D eigenvalue weighted by Crippen LogP contribution is -2.33. The Kier molecular flexibility index (Phi) is 6.91. The molecule has 32 heavy (non-hydrogen) atoms. The average Bonchev–Trinajstić information content (AvgIpc) is 3.04. The molecule has 0 spiro atoms. The molecular weight excluding hydrogens is 424 g/mol. The van der Waals surface area contributed by atoms with Crippen molar-refractivity contribution in [2.45, 2.75) is 49.5 Å². The van der Waals surface area contributed by atoms with Gasteiger partial charge in [-0.2, -0.15) is 0 Å². The summed E-state index contributed by atoms with van der Waals surface area (Å²) >= 11 is 0. The van der Waals surface area contributed by atoms with Crippen LogP contribution in [0.25, 0.3) is 0 Å². The highest BCUT2D eigenvalue weighted by atomic mass is 32.2. The molecule has 8 heteroatoms. The molecule has 1 unspecified atom stereocenters. The van der Waals surface area contributed by atoms with Gasteiger partial charge in [-0.1, -0.05) is 36.8 Å². The van der Waals surface area contributed by atoms with Crippen LogP contribution >= 0.6 is 0 Å². The Morgan fingerprint density at radius 2 is 1.94 bits per heavy atom. The third kappa shape index (κ3) is 5.37. The Bertz CT molecular complexity index is 1110. The quantitative estimate of drug-likeness (QED) is 0.699. The van der Waals surface area contributed by atoms with E-state index in [9.17, 15) is 13.2 Å². The number of likely N-dealkylation sites (N-methyl/N-ethyl adjacent to an activating group) is 1. The topological polar surface area (TPSA) is 90.9 Å². The highest BCUT2D eigenvalue weighted by Crippen LogP contribution is 2.34. The van der Waals surface area contributed by atoms with Crippen LogP contribution in [0.4, 0.5) is 5.69 Å². The summed E-state index contributed by atoms with van der Waals surface area (Å²) in [5, 5.41) is 2.84. The first kappa shape index (κ1) is 22.5. The van der Waals surface area contributed by atoms with Gasteiger partial charge in [0.05, 0.1) is 11.4 Å². The van der Waals surface area contributed by atoms with Crippen LogP contribution in [0, 0.1) is 0 Å². The van der Waals surface area contributed by atoms with Gasteiger partial charge in [-0.3, -0.25) is 19.4 Å². The molecule has 4 rings (SSSR count). The monoisotopic (exact) mass is 454 g/mol. The Balaban J connectivity index is 1.39. The number of fused-ring (bicyclic) bond motifs is 1. The minimum absolute atomic E-state index is 0.111. The van der Waals surface area contributed by atoms with Gasteiger partial charge >= 0.3 is 0 Å². The Morgan fingerprint density at radius 1 is 1.09 bits per heavy atom. The number of carbonyl (C=O) groups is 1. The summed E-state index contributed by atoms with van der Waals surface area (Å²) in [6.45, 7) is 0.873. The normalized spacial score (nSPS) is 18.6. The predicted molar refractivity (Wildman–Crippen MR) is 126 cm³/mol. The van der Waals surface area contributed by atoms with Crippen LogP contribution in [-0.4, -0.2) is 45.2 Å². The van der Waals surface area contributed by atoms with Crippen LogP contribution < -0.4 is 10.0 Å². The van der Waals surface area contributed by atoms with Crippen molar-refractivity contribution in [3.8, 4) is 0 Å². The number of rotatable bonds is 6. The zero-order valence-electron chi connectivity index (χ0n) is 18.4. The molecule has 0 saturated heterocycles. The number of amides is 1. The zero-order valence-corrected chi connectivity index (χ0v) is 19.2. The number of hydrogen-bond donors (Lipinski definition) is 2. The van der Waals surface area contributed by atoms with Gasteiger partial charge in [0.15, 0.2) is 0 Å². The van der Waals surface area contributed by atoms with Crippen LogP contribution in [-0.2, 0) is 21.2 Å². The third-order valence-electron chi connectivity index (χ3n) is 6.08. The molecule has 1 aliphatic carbocycles. The summed E-state index contributed by atoms with van der Waals surface area (Å²) in [4.78, 5) is 19.2. The van der Waals surface area contributed by atoms with Crippen molar-refractivity contribution in [1.29, 1.82) is 0 Å². The maximum Gasteiger partial charge on any atom is 0.262 e. The van der Waals surface area contributed by atoms with Crippen molar-refractivity contribution in [1.82, 2.24) is 9.62 Å². The maximum atomic E-state index is 12.8. The van der Waals surface area contributed by atoms with Crippen molar-refractivity contribution in [3.05, 3.63) is 59.7 Å². The van der Waals surface area contributed by atoms with Gasteiger partial charge in [0.25, 0.3) is 10.0 Å². The van der Waals surface area contributed by atoms with E-state index >= 15 is 0 Å². The number of benzene rings is 2. The van der Waals surface area contributed by atoms with E-state index in [2.05, 4.69) is 27.2 Å². The molecule has 1 amide bonds. The molecule has 0 aromatic heterocycles. The number of aryl methyl sites for hydroxylation is 1. The number of nitrogens with zero attached hydrogens (tertiary/aromatic N) is 2. The largest absolute Gasteiger partial charge is 0.325 e. The highest BCUT2D eigenvalue weighted by molar-refractivity contribution is 7.90. The molecule has 0 bridgehead atoms. The van der Waals surface area contributed by atoms with Crippen LogP contribution in [0.1, 0.15) is 49.3 Å². The van der Waals surface area contributed by atoms with E-state index in [4.69, 9.17) is 0 Å². The molecule has 1 heterocycles. The average molecular weight is 455 g/mol. The highest BCUT2D eigenvalue weighted by Gasteiger charge is 2.26. The molecule has 0 radical (unpaired) electrons. The minimum atomic E-state index is -3.75.